The molecule has 0 amide bonds. The van der Waals surface area contributed by atoms with Crippen molar-refractivity contribution < 1.29 is 4.74 Å². The molecule has 2 aromatic heterocycles. The van der Waals surface area contributed by atoms with E-state index in [0.717, 1.165) is 33.0 Å². The Bertz CT molecular complexity index is 742. The summed E-state index contributed by atoms with van der Waals surface area (Å²) >= 11 is 5.00. The van der Waals surface area contributed by atoms with Gasteiger partial charge in [0.05, 0.1) is 32.8 Å². The number of pyridine rings is 1. The van der Waals surface area contributed by atoms with Crippen LogP contribution in [0.25, 0.3) is 0 Å². The van der Waals surface area contributed by atoms with Gasteiger partial charge in [-0.1, -0.05) is 0 Å². The summed E-state index contributed by atoms with van der Waals surface area (Å²) in [7, 11) is 1.98. The lowest BCUT2D eigenvalue weighted by atomic mass is 10.1. The van der Waals surface area contributed by atoms with Gasteiger partial charge in [0.1, 0.15) is 5.60 Å². The summed E-state index contributed by atoms with van der Waals surface area (Å²) in [5, 5.41) is 0. The number of hydrogen-bond donors (Lipinski definition) is 0. The van der Waals surface area contributed by atoms with Crippen molar-refractivity contribution in [3.05, 3.63) is 32.9 Å². The third-order valence-corrected chi connectivity index (χ3v) is 5.33. The van der Waals surface area contributed by atoms with E-state index in [9.17, 15) is 0 Å². The lowest BCUT2D eigenvalue weighted by Crippen LogP contribution is -2.24. The molecule has 2 rings (SSSR count). The van der Waals surface area contributed by atoms with Gasteiger partial charge in [-0.2, -0.15) is 4.37 Å². The molecule has 2 aromatic rings. The Balaban J connectivity index is 2.26. The summed E-state index contributed by atoms with van der Waals surface area (Å²) in [5.74, 6) is 0.561. The molecule has 0 aliphatic heterocycles. The van der Waals surface area contributed by atoms with Crippen molar-refractivity contribution in [1.29, 1.82) is 0 Å². The normalized spacial score (nSPS) is 12.0. The molecule has 24 heavy (non-hydrogen) atoms. The second kappa shape index (κ2) is 7.61. The van der Waals surface area contributed by atoms with Gasteiger partial charge < -0.3 is 9.64 Å². The minimum atomic E-state index is -0.499. The van der Waals surface area contributed by atoms with E-state index in [1.54, 1.807) is 6.34 Å². The first kappa shape index (κ1) is 18.9. The fourth-order valence-corrected chi connectivity index (χ4v) is 3.10. The summed E-state index contributed by atoms with van der Waals surface area (Å²) in [6.45, 7) is 10.9. The van der Waals surface area contributed by atoms with E-state index in [4.69, 9.17) is 4.74 Å². The number of aryl methyl sites for hydroxylation is 2. The molecule has 0 atom stereocenters. The number of ether oxygens (including phenoxy) is 1. The van der Waals surface area contributed by atoms with Crippen LogP contribution >= 0.6 is 27.5 Å². The van der Waals surface area contributed by atoms with E-state index in [2.05, 4.69) is 37.2 Å². The van der Waals surface area contributed by atoms with E-state index in [0.29, 0.717) is 5.88 Å². The quantitative estimate of drug-likeness (QED) is 0.504. The van der Waals surface area contributed by atoms with Gasteiger partial charge in [-0.05, 0) is 74.2 Å². The highest BCUT2D eigenvalue weighted by atomic mass is 79.9. The highest BCUT2D eigenvalue weighted by Gasteiger charge is 2.27. The number of rotatable bonds is 6. The van der Waals surface area contributed by atoms with Gasteiger partial charge in [0.15, 0.2) is 0 Å². The Hall–Kier alpha value is -1.47. The number of nitrogens with zero attached hydrogens (tertiary/aromatic N) is 4. The summed E-state index contributed by atoms with van der Waals surface area (Å²) in [5.41, 5.74) is 2.15. The Labute approximate surface area is 156 Å². The molecule has 130 valence electrons. The van der Waals surface area contributed by atoms with Crippen LogP contribution in [-0.4, -0.2) is 34.2 Å². The van der Waals surface area contributed by atoms with E-state index < -0.39 is 5.60 Å². The summed E-state index contributed by atoms with van der Waals surface area (Å²) in [6.07, 6.45) is 1.81. The second-order valence-electron chi connectivity index (χ2n) is 6.14. The maximum atomic E-state index is 6.16. The number of hydrogen-bond acceptors (Lipinski definition) is 5. The van der Waals surface area contributed by atoms with Crippen molar-refractivity contribution in [3.8, 4) is 5.88 Å². The molecule has 0 saturated heterocycles. The molecule has 5 nitrogen and oxygen atoms in total. The fourth-order valence-electron chi connectivity index (χ4n) is 1.93. The molecule has 0 spiro atoms. The van der Waals surface area contributed by atoms with Crippen LogP contribution in [0, 0.1) is 13.8 Å². The molecule has 0 aromatic carbocycles. The molecule has 0 N–H and O–H groups in total. The third kappa shape index (κ3) is 4.54. The smallest absolute Gasteiger partial charge is 0.229 e. The zero-order valence-electron chi connectivity index (χ0n) is 14.9. The van der Waals surface area contributed by atoms with Gasteiger partial charge in [-0.25, -0.2) is 9.98 Å². The minimum absolute atomic E-state index is 0.499. The molecule has 2 heterocycles. The maximum absolute atomic E-state index is 6.16. The van der Waals surface area contributed by atoms with Crippen LogP contribution in [0.15, 0.2) is 21.6 Å². The van der Waals surface area contributed by atoms with E-state index >= 15 is 0 Å². The lowest BCUT2D eigenvalue weighted by molar-refractivity contribution is 0.105. The minimum Gasteiger partial charge on any atom is -0.465 e. The topological polar surface area (TPSA) is 50.6 Å². The molecular weight excluding hydrogens is 388 g/mol. The van der Waals surface area contributed by atoms with Crippen molar-refractivity contribution in [2.24, 2.45) is 4.99 Å². The summed E-state index contributed by atoms with van der Waals surface area (Å²) < 4.78 is 11.3. The molecule has 0 aliphatic carbocycles. The molecule has 0 saturated carbocycles. The van der Waals surface area contributed by atoms with Crippen LogP contribution < -0.4 is 4.74 Å². The Kier molecular flexibility index (Phi) is 5.98. The maximum Gasteiger partial charge on any atom is 0.229 e. The molecule has 0 bridgehead atoms. The van der Waals surface area contributed by atoms with Crippen LogP contribution in [0.2, 0.25) is 0 Å². The zero-order valence-corrected chi connectivity index (χ0v) is 17.3. The van der Waals surface area contributed by atoms with Gasteiger partial charge in [-0.3, -0.25) is 0 Å². The Morgan fingerprint density at radius 3 is 2.67 bits per heavy atom. The van der Waals surface area contributed by atoms with Gasteiger partial charge in [-0.15, -0.1) is 0 Å². The fraction of sp³-hybridized carbons (Fsp3) is 0.471. The standard InChI is InChI=1S/C17H23BrN4OS/c1-7-22(6)10-19-14-9-13(18)16(20-12(14)3)23-17(4,5)15-8-11(2)21-24-15/h8-10H,7H2,1-6H3. The average molecular weight is 411 g/mol. The van der Waals surface area contributed by atoms with Crippen LogP contribution in [-0.2, 0) is 5.60 Å². The van der Waals surface area contributed by atoms with Crippen molar-refractivity contribution in [2.45, 2.75) is 40.2 Å². The van der Waals surface area contributed by atoms with Gasteiger partial charge >= 0.3 is 0 Å². The first-order chi connectivity index (χ1) is 11.2. The first-order valence-corrected chi connectivity index (χ1v) is 9.34. The zero-order chi connectivity index (χ0) is 17.9. The van der Waals surface area contributed by atoms with Crippen molar-refractivity contribution in [2.75, 3.05) is 13.6 Å². The van der Waals surface area contributed by atoms with E-state index in [1.165, 1.54) is 11.5 Å². The Morgan fingerprint density at radius 2 is 2.08 bits per heavy atom. The SMILES string of the molecule is CCN(C)C=Nc1cc(Br)c(OC(C)(C)c2cc(C)ns2)nc1C. The Morgan fingerprint density at radius 1 is 1.38 bits per heavy atom. The number of aliphatic imine (C=N–C) groups is 1. The largest absolute Gasteiger partial charge is 0.465 e. The molecule has 0 unspecified atom stereocenters. The highest BCUT2D eigenvalue weighted by molar-refractivity contribution is 9.10. The van der Waals surface area contributed by atoms with Crippen LogP contribution in [0.5, 0.6) is 5.88 Å². The number of aromatic nitrogens is 2. The van der Waals surface area contributed by atoms with E-state index in [1.807, 2.05) is 51.8 Å². The molecule has 0 aliphatic rings. The van der Waals surface area contributed by atoms with Crippen LogP contribution in [0.3, 0.4) is 0 Å². The third-order valence-electron chi connectivity index (χ3n) is 3.57. The highest BCUT2D eigenvalue weighted by Crippen LogP contribution is 2.35. The number of halogens is 1. The lowest BCUT2D eigenvalue weighted by Gasteiger charge is -2.25. The van der Waals surface area contributed by atoms with E-state index in [-0.39, 0.29) is 0 Å². The molecule has 0 fully saturated rings. The van der Waals surface area contributed by atoms with Gasteiger partial charge in [0.2, 0.25) is 5.88 Å². The first-order valence-electron chi connectivity index (χ1n) is 7.77. The van der Waals surface area contributed by atoms with Gasteiger partial charge in [0.25, 0.3) is 0 Å². The molecule has 7 heteroatoms. The van der Waals surface area contributed by atoms with Crippen LogP contribution in [0.1, 0.15) is 37.0 Å². The second-order valence-corrected chi connectivity index (χ2v) is 7.80. The predicted molar refractivity (Wildman–Crippen MR) is 104 cm³/mol. The summed E-state index contributed by atoms with van der Waals surface area (Å²) in [6, 6.07) is 3.98. The average Bonchev–Trinajstić information content (AvgIpc) is 2.96. The molecular formula is C17H23BrN4OS. The molecule has 0 radical (unpaired) electrons. The van der Waals surface area contributed by atoms with Crippen molar-refractivity contribution in [1.82, 2.24) is 14.3 Å². The predicted octanol–water partition coefficient (Wildman–Crippen LogP) is 4.84. The monoisotopic (exact) mass is 410 g/mol. The van der Waals surface area contributed by atoms with Crippen LogP contribution in [0.4, 0.5) is 5.69 Å². The van der Waals surface area contributed by atoms with Crippen molar-refractivity contribution >= 4 is 39.5 Å². The van der Waals surface area contributed by atoms with Gasteiger partial charge in [0, 0.05) is 13.6 Å². The summed E-state index contributed by atoms with van der Waals surface area (Å²) in [4.78, 5) is 12.1. The van der Waals surface area contributed by atoms with Crippen molar-refractivity contribution in [3.63, 3.8) is 0 Å².